The molecule has 1 amide bonds. The lowest BCUT2D eigenvalue weighted by atomic mass is 9.96. The fourth-order valence-corrected chi connectivity index (χ4v) is 4.59. The Morgan fingerprint density at radius 1 is 1.19 bits per heavy atom. The van der Waals surface area contributed by atoms with Crippen molar-refractivity contribution in [2.45, 2.75) is 25.7 Å². The first-order valence-electron chi connectivity index (χ1n) is 8.87. The molecule has 5 rings (SSSR count). The first-order chi connectivity index (χ1) is 12.8. The first-order valence-corrected chi connectivity index (χ1v) is 9.75. The number of rotatable bonds is 3. The van der Waals surface area contributed by atoms with Crippen LogP contribution in [0.1, 0.15) is 40.2 Å². The minimum Gasteiger partial charge on any atom is -0.360 e. The summed E-state index contributed by atoms with van der Waals surface area (Å²) in [6, 6.07) is 7.91. The van der Waals surface area contributed by atoms with Crippen molar-refractivity contribution in [1.82, 2.24) is 10.1 Å². The van der Waals surface area contributed by atoms with Crippen molar-refractivity contribution in [2.75, 3.05) is 18.4 Å². The molecule has 1 N–H and O–H groups in total. The van der Waals surface area contributed by atoms with Gasteiger partial charge in [0.1, 0.15) is 5.76 Å². The Labute approximate surface area is 155 Å². The Morgan fingerprint density at radius 3 is 2.92 bits per heavy atom. The number of carbonyl (C=O) groups is 1. The number of aliphatic imine (C=N–C) groups is 1. The van der Waals surface area contributed by atoms with Crippen molar-refractivity contribution in [3.63, 3.8) is 0 Å². The molecule has 3 aliphatic rings. The topological polar surface area (TPSA) is 70.7 Å². The van der Waals surface area contributed by atoms with Crippen LogP contribution in [-0.2, 0) is 12.8 Å². The number of hydrogen-bond acceptors (Lipinski definition) is 6. The van der Waals surface area contributed by atoms with Crippen LogP contribution in [0.5, 0.6) is 0 Å². The number of benzene rings is 1. The Hall–Kier alpha value is -2.54. The standard InChI is InChI=1S/C19H18N4O2S/c24-18(17-14-3-1-2-4-16(14)25-22-17)21-13-7-5-12(6-8-13)15-11-26-19-20-9-10-23(15)19/h5-8,11H,1-4,9-10H2,(H,21,24). The normalized spacial score (nSPS) is 18.2. The van der Waals surface area contributed by atoms with Crippen LogP contribution in [0.4, 0.5) is 5.69 Å². The van der Waals surface area contributed by atoms with Crippen LogP contribution in [0.3, 0.4) is 0 Å². The third-order valence-electron chi connectivity index (χ3n) is 4.97. The van der Waals surface area contributed by atoms with E-state index < -0.39 is 0 Å². The highest BCUT2D eigenvalue weighted by atomic mass is 32.2. The largest absolute Gasteiger partial charge is 0.360 e. The van der Waals surface area contributed by atoms with E-state index in [1.54, 1.807) is 11.8 Å². The van der Waals surface area contributed by atoms with Gasteiger partial charge < -0.3 is 14.7 Å². The second-order valence-corrected chi connectivity index (χ2v) is 7.44. The first kappa shape index (κ1) is 15.7. The predicted octanol–water partition coefficient (Wildman–Crippen LogP) is 3.52. The van der Waals surface area contributed by atoms with Crippen molar-refractivity contribution in [3.8, 4) is 0 Å². The number of aryl methyl sites for hydroxylation is 1. The zero-order chi connectivity index (χ0) is 17.5. The van der Waals surface area contributed by atoms with Crippen LogP contribution >= 0.6 is 11.8 Å². The zero-order valence-corrected chi connectivity index (χ0v) is 15.0. The highest BCUT2D eigenvalue weighted by Gasteiger charge is 2.27. The Balaban J connectivity index is 1.32. The second kappa shape index (κ2) is 6.32. The summed E-state index contributed by atoms with van der Waals surface area (Å²) in [5.41, 5.74) is 4.46. The number of nitrogens with one attached hydrogen (secondary N) is 1. The highest BCUT2D eigenvalue weighted by Crippen LogP contribution is 2.35. The molecular formula is C19H18N4O2S. The molecule has 1 aromatic heterocycles. The third kappa shape index (κ3) is 2.63. The molecule has 0 saturated carbocycles. The number of carbonyl (C=O) groups excluding carboxylic acids is 1. The van der Waals surface area contributed by atoms with Crippen LogP contribution in [-0.4, -0.2) is 34.2 Å². The molecule has 1 aliphatic carbocycles. The molecule has 0 fully saturated rings. The zero-order valence-electron chi connectivity index (χ0n) is 14.2. The summed E-state index contributed by atoms with van der Waals surface area (Å²) in [4.78, 5) is 19.3. The van der Waals surface area contributed by atoms with Gasteiger partial charge in [0.15, 0.2) is 10.9 Å². The van der Waals surface area contributed by atoms with Gasteiger partial charge in [-0.2, -0.15) is 0 Å². The van der Waals surface area contributed by atoms with Gasteiger partial charge in [-0.3, -0.25) is 9.79 Å². The molecule has 2 aromatic rings. The summed E-state index contributed by atoms with van der Waals surface area (Å²) >= 11 is 1.67. The minimum atomic E-state index is -0.200. The van der Waals surface area contributed by atoms with Gasteiger partial charge in [0.25, 0.3) is 5.91 Å². The number of nitrogens with zero attached hydrogens (tertiary/aromatic N) is 3. The van der Waals surface area contributed by atoms with Crippen molar-refractivity contribution in [2.24, 2.45) is 4.99 Å². The van der Waals surface area contributed by atoms with Crippen LogP contribution in [0, 0.1) is 0 Å². The predicted molar refractivity (Wildman–Crippen MR) is 102 cm³/mol. The number of amides is 1. The number of thioether (sulfide) groups is 1. The smallest absolute Gasteiger partial charge is 0.278 e. The molecule has 0 saturated heterocycles. The Morgan fingerprint density at radius 2 is 2.04 bits per heavy atom. The molecule has 1 aromatic carbocycles. The van der Waals surface area contributed by atoms with E-state index in [4.69, 9.17) is 4.52 Å². The maximum absolute atomic E-state index is 12.6. The van der Waals surface area contributed by atoms with E-state index in [0.717, 1.165) is 66.5 Å². The van der Waals surface area contributed by atoms with Crippen molar-refractivity contribution in [1.29, 1.82) is 0 Å². The molecule has 7 heteroatoms. The van der Waals surface area contributed by atoms with Crippen molar-refractivity contribution < 1.29 is 9.32 Å². The monoisotopic (exact) mass is 366 g/mol. The van der Waals surface area contributed by atoms with E-state index in [9.17, 15) is 4.79 Å². The van der Waals surface area contributed by atoms with E-state index in [1.807, 2.05) is 24.3 Å². The van der Waals surface area contributed by atoms with Gasteiger partial charge in [-0.1, -0.05) is 29.1 Å². The van der Waals surface area contributed by atoms with Crippen molar-refractivity contribution >= 4 is 34.2 Å². The molecule has 26 heavy (non-hydrogen) atoms. The average molecular weight is 366 g/mol. The summed E-state index contributed by atoms with van der Waals surface area (Å²) < 4.78 is 5.34. The summed E-state index contributed by atoms with van der Waals surface area (Å²) in [6.45, 7) is 1.79. The minimum absolute atomic E-state index is 0.200. The number of aromatic nitrogens is 1. The number of hydrogen-bond donors (Lipinski definition) is 1. The third-order valence-corrected chi connectivity index (χ3v) is 5.87. The summed E-state index contributed by atoms with van der Waals surface area (Å²) in [5.74, 6) is 0.666. The Bertz CT molecular complexity index is 930. The number of amidine groups is 1. The lowest BCUT2D eigenvalue weighted by Gasteiger charge is -2.16. The summed E-state index contributed by atoms with van der Waals surface area (Å²) in [6.07, 6.45) is 3.92. The van der Waals surface area contributed by atoms with Gasteiger partial charge in [-0.25, -0.2) is 0 Å². The highest BCUT2D eigenvalue weighted by molar-refractivity contribution is 8.16. The van der Waals surface area contributed by atoms with Gasteiger partial charge in [0.05, 0.1) is 12.2 Å². The van der Waals surface area contributed by atoms with E-state index >= 15 is 0 Å². The SMILES string of the molecule is O=C(Nc1ccc(C2=CSC3=NCCN23)cc1)c1noc2c1CCCC2. The average Bonchev–Trinajstić information content (AvgIpc) is 3.37. The lowest BCUT2D eigenvalue weighted by molar-refractivity contribution is 0.101. The molecular weight excluding hydrogens is 348 g/mol. The number of fused-ring (bicyclic) bond motifs is 2. The molecule has 2 aliphatic heterocycles. The molecule has 0 bridgehead atoms. The second-order valence-electron chi connectivity index (χ2n) is 6.61. The molecule has 0 spiro atoms. The van der Waals surface area contributed by atoms with Gasteiger partial charge in [-0.05, 0) is 37.0 Å². The molecule has 3 heterocycles. The van der Waals surface area contributed by atoms with Crippen LogP contribution in [0.25, 0.3) is 5.70 Å². The molecule has 6 nitrogen and oxygen atoms in total. The summed E-state index contributed by atoms with van der Waals surface area (Å²) in [5, 5.41) is 10.1. The van der Waals surface area contributed by atoms with Crippen LogP contribution in [0.2, 0.25) is 0 Å². The maximum Gasteiger partial charge on any atom is 0.278 e. The van der Waals surface area contributed by atoms with Gasteiger partial charge in [0, 0.05) is 29.6 Å². The quantitative estimate of drug-likeness (QED) is 0.900. The fourth-order valence-electron chi connectivity index (χ4n) is 3.62. The van der Waals surface area contributed by atoms with Gasteiger partial charge >= 0.3 is 0 Å². The molecule has 0 atom stereocenters. The maximum atomic E-state index is 12.6. The summed E-state index contributed by atoms with van der Waals surface area (Å²) in [7, 11) is 0. The van der Waals surface area contributed by atoms with Crippen LogP contribution < -0.4 is 5.32 Å². The molecule has 132 valence electrons. The van der Waals surface area contributed by atoms with E-state index in [1.165, 1.54) is 5.70 Å². The van der Waals surface area contributed by atoms with E-state index in [-0.39, 0.29) is 5.91 Å². The van der Waals surface area contributed by atoms with Crippen molar-refractivity contribution in [3.05, 3.63) is 52.3 Å². The van der Waals surface area contributed by atoms with E-state index in [0.29, 0.717) is 5.69 Å². The van der Waals surface area contributed by atoms with Crippen LogP contribution in [0.15, 0.2) is 39.2 Å². The fraction of sp³-hybridized carbons (Fsp3) is 0.316. The molecule has 0 unspecified atom stereocenters. The van der Waals surface area contributed by atoms with Gasteiger partial charge in [-0.15, -0.1) is 0 Å². The van der Waals surface area contributed by atoms with E-state index in [2.05, 4.69) is 25.8 Å². The van der Waals surface area contributed by atoms with Gasteiger partial charge in [0.2, 0.25) is 0 Å². The Kier molecular flexibility index (Phi) is 3.81. The molecule has 0 radical (unpaired) electrons. The number of anilines is 1. The lowest BCUT2D eigenvalue weighted by Crippen LogP contribution is -2.20.